The molecule has 0 fully saturated rings. The SMILES string of the molecule is Cc1cc(C#N)nc(NCc2ccc(Br)cc2)n1. The Morgan fingerprint density at radius 3 is 2.67 bits per heavy atom. The zero-order valence-electron chi connectivity index (χ0n) is 9.81. The van der Waals surface area contributed by atoms with Crippen LogP contribution < -0.4 is 5.32 Å². The van der Waals surface area contributed by atoms with E-state index in [-0.39, 0.29) is 0 Å². The number of hydrogen-bond donors (Lipinski definition) is 1. The highest BCUT2D eigenvalue weighted by Crippen LogP contribution is 2.12. The van der Waals surface area contributed by atoms with Crippen molar-refractivity contribution in [2.45, 2.75) is 13.5 Å². The molecule has 4 nitrogen and oxygen atoms in total. The maximum atomic E-state index is 8.83. The molecule has 0 amide bonds. The maximum Gasteiger partial charge on any atom is 0.224 e. The Bertz CT molecular complexity index is 587. The number of hydrogen-bond acceptors (Lipinski definition) is 4. The number of aromatic nitrogens is 2. The quantitative estimate of drug-likeness (QED) is 0.946. The van der Waals surface area contributed by atoms with E-state index in [1.165, 1.54) is 0 Å². The molecule has 0 atom stereocenters. The van der Waals surface area contributed by atoms with Gasteiger partial charge in [0.1, 0.15) is 11.8 Å². The number of aryl methyl sites for hydroxylation is 1. The normalized spacial score (nSPS) is 9.83. The molecule has 18 heavy (non-hydrogen) atoms. The van der Waals surface area contributed by atoms with E-state index in [1.807, 2.05) is 37.3 Å². The summed E-state index contributed by atoms with van der Waals surface area (Å²) >= 11 is 3.39. The summed E-state index contributed by atoms with van der Waals surface area (Å²) in [5.41, 5.74) is 2.28. The fourth-order valence-corrected chi connectivity index (χ4v) is 1.75. The molecule has 0 aliphatic carbocycles. The number of rotatable bonds is 3. The summed E-state index contributed by atoms with van der Waals surface area (Å²) in [7, 11) is 0. The van der Waals surface area contributed by atoms with E-state index in [0.29, 0.717) is 18.2 Å². The van der Waals surface area contributed by atoms with Gasteiger partial charge in [0.05, 0.1) is 0 Å². The van der Waals surface area contributed by atoms with E-state index in [4.69, 9.17) is 5.26 Å². The molecule has 90 valence electrons. The first-order chi connectivity index (χ1) is 8.67. The lowest BCUT2D eigenvalue weighted by molar-refractivity contribution is 1.02. The van der Waals surface area contributed by atoms with E-state index >= 15 is 0 Å². The van der Waals surface area contributed by atoms with E-state index < -0.39 is 0 Å². The predicted octanol–water partition coefficient (Wildman–Crippen LogP) is 3.03. The highest BCUT2D eigenvalue weighted by atomic mass is 79.9. The van der Waals surface area contributed by atoms with Gasteiger partial charge >= 0.3 is 0 Å². The smallest absolute Gasteiger partial charge is 0.224 e. The van der Waals surface area contributed by atoms with Crippen molar-refractivity contribution in [1.29, 1.82) is 5.26 Å². The monoisotopic (exact) mass is 302 g/mol. The molecular weight excluding hydrogens is 292 g/mol. The van der Waals surface area contributed by atoms with Crippen molar-refractivity contribution in [3.8, 4) is 6.07 Å². The summed E-state index contributed by atoms with van der Waals surface area (Å²) in [5, 5.41) is 11.9. The van der Waals surface area contributed by atoms with E-state index in [9.17, 15) is 0 Å². The van der Waals surface area contributed by atoms with Gasteiger partial charge in [0, 0.05) is 16.7 Å². The van der Waals surface area contributed by atoms with Gasteiger partial charge in [0.2, 0.25) is 5.95 Å². The van der Waals surface area contributed by atoms with Crippen LogP contribution in [0.4, 0.5) is 5.95 Å². The van der Waals surface area contributed by atoms with Crippen molar-refractivity contribution in [3.05, 3.63) is 51.8 Å². The molecule has 0 radical (unpaired) electrons. The Hall–Kier alpha value is -1.93. The summed E-state index contributed by atoms with van der Waals surface area (Å²) in [4.78, 5) is 8.32. The van der Waals surface area contributed by atoms with Crippen LogP contribution in [0, 0.1) is 18.3 Å². The van der Waals surface area contributed by atoms with Gasteiger partial charge in [0.15, 0.2) is 0 Å². The van der Waals surface area contributed by atoms with Crippen LogP contribution in [0.15, 0.2) is 34.8 Å². The average Bonchev–Trinajstić information content (AvgIpc) is 2.37. The molecular formula is C13H11BrN4. The molecule has 0 saturated heterocycles. The maximum absolute atomic E-state index is 8.83. The molecule has 2 aromatic rings. The van der Waals surface area contributed by atoms with Crippen LogP contribution in [-0.4, -0.2) is 9.97 Å². The van der Waals surface area contributed by atoms with Crippen molar-refractivity contribution in [2.75, 3.05) is 5.32 Å². The Morgan fingerprint density at radius 2 is 2.00 bits per heavy atom. The highest BCUT2D eigenvalue weighted by Gasteiger charge is 2.01. The molecule has 1 heterocycles. The largest absolute Gasteiger partial charge is 0.350 e. The fourth-order valence-electron chi connectivity index (χ4n) is 1.49. The Labute approximate surface area is 114 Å². The van der Waals surface area contributed by atoms with Crippen LogP contribution in [0.3, 0.4) is 0 Å². The van der Waals surface area contributed by atoms with Crippen molar-refractivity contribution >= 4 is 21.9 Å². The van der Waals surface area contributed by atoms with Gasteiger partial charge in [-0.3, -0.25) is 0 Å². The number of nitriles is 1. The second-order valence-electron chi connectivity index (χ2n) is 3.81. The second-order valence-corrected chi connectivity index (χ2v) is 4.73. The van der Waals surface area contributed by atoms with E-state index in [1.54, 1.807) is 6.07 Å². The van der Waals surface area contributed by atoms with Crippen molar-refractivity contribution in [2.24, 2.45) is 0 Å². The lowest BCUT2D eigenvalue weighted by Crippen LogP contribution is -2.05. The number of anilines is 1. The molecule has 5 heteroatoms. The molecule has 0 unspecified atom stereocenters. The summed E-state index contributed by atoms with van der Waals surface area (Å²) in [6.45, 7) is 2.47. The average molecular weight is 303 g/mol. The molecule has 0 saturated carbocycles. The van der Waals surface area contributed by atoms with Crippen LogP contribution in [0.2, 0.25) is 0 Å². The molecule has 1 aromatic carbocycles. The molecule has 0 bridgehead atoms. The standard InChI is InChI=1S/C13H11BrN4/c1-9-6-12(7-15)18-13(17-9)16-8-10-2-4-11(14)5-3-10/h2-6H,8H2,1H3,(H,16,17,18). The van der Waals surface area contributed by atoms with E-state index in [2.05, 4.69) is 31.2 Å². The zero-order valence-corrected chi connectivity index (χ0v) is 11.4. The Morgan fingerprint density at radius 1 is 1.28 bits per heavy atom. The number of nitrogens with zero attached hydrogens (tertiary/aromatic N) is 3. The third-order valence-electron chi connectivity index (χ3n) is 2.33. The van der Waals surface area contributed by atoms with Gasteiger partial charge in [-0.2, -0.15) is 5.26 Å². The molecule has 0 spiro atoms. The Kier molecular flexibility index (Phi) is 3.90. The minimum atomic E-state index is 0.376. The molecule has 0 aliphatic heterocycles. The highest BCUT2D eigenvalue weighted by molar-refractivity contribution is 9.10. The van der Waals surface area contributed by atoms with Crippen LogP contribution in [0.5, 0.6) is 0 Å². The summed E-state index contributed by atoms with van der Waals surface area (Å²) in [5.74, 6) is 0.481. The minimum Gasteiger partial charge on any atom is -0.350 e. The van der Waals surface area contributed by atoms with Crippen LogP contribution in [0.25, 0.3) is 0 Å². The first kappa shape index (κ1) is 12.5. The molecule has 1 N–H and O–H groups in total. The minimum absolute atomic E-state index is 0.376. The third-order valence-corrected chi connectivity index (χ3v) is 2.86. The van der Waals surface area contributed by atoms with Gasteiger partial charge < -0.3 is 5.32 Å². The lowest BCUT2D eigenvalue weighted by atomic mass is 10.2. The van der Waals surface area contributed by atoms with Crippen LogP contribution in [-0.2, 0) is 6.54 Å². The first-order valence-corrected chi connectivity index (χ1v) is 6.21. The van der Waals surface area contributed by atoms with Crippen LogP contribution in [0.1, 0.15) is 17.0 Å². The van der Waals surface area contributed by atoms with Crippen LogP contribution >= 0.6 is 15.9 Å². The zero-order chi connectivity index (χ0) is 13.0. The summed E-state index contributed by atoms with van der Waals surface area (Å²) < 4.78 is 1.05. The second kappa shape index (κ2) is 5.61. The third kappa shape index (κ3) is 3.28. The van der Waals surface area contributed by atoms with Gasteiger partial charge in [-0.1, -0.05) is 28.1 Å². The Balaban J connectivity index is 2.08. The van der Waals surface area contributed by atoms with Crippen molar-refractivity contribution in [3.63, 3.8) is 0 Å². The first-order valence-electron chi connectivity index (χ1n) is 5.41. The number of nitrogens with one attached hydrogen (secondary N) is 1. The molecule has 1 aromatic heterocycles. The van der Waals surface area contributed by atoms with Crippen molar-refractivity contribution < 1.29 is 0 Å². The topological polar surface area (TPSA) is 61.6 Å². The van der Waals surface area contributed by atoms with Gasteiger partial charge in [0.25, 0.3) is 0 Å². The number of halogens is 1. The number of benzene rings is 1. The van der Waals surface area contributed by atoms with Gasteiger partial charge in [-0.15, -0.1) is 0 Å². The van der Waals surface area contributed by atoms with Gasteiger partial charge in [-0.25, -0.2) is 9.97 Å². The molecule has 2 rings (SSSR count). The van der Waals surface area contributed by atoms with E-state index in [0.717, 1.165) is 15.7 Å². The van der Waals surface area contributed by atoms with Gasteiger partial charge in [-0.05, 0) is 30.7 Å². The molecule has 0 aliphatic rings. The van der Waals surface area contributed by atoms with Crippen molar-refractivity contribution in [1.82, 2.24) is 9.97 Å². The summed E-state index contributed by atoms with van der Waals surface area (Å²) in [6.07, 6.45) is 0. The fraction of sp³-hybridized carbons (Fsp3) is 0.154. The summed E-state index contributed by atoms with van der Waals surface area (Å²) in [6, 6.07) is 11.7. The predicted molar refractivity (Wildman–Crippen MR) is 73.0 cm³/mol. The lowest BCUT2D eigenvalue weighted by Gasteiger charge is -2.06.